The number of carbonyl (C=O) groups is 1. The Morgan fingerprint density at radius 3 is 2.27 bits per heavy atom. The lowest BCUT2D eigenvalue weighted by Gasteiger charge is -2.15. The molecule has 140 valence electrons. The number of nitrogens with zero attached hydrogens (tertiary/aromatic N) is 2. The minimum Gasteiger partial charge on any atom is -0.352 e. The molecule has 0 radical (unpaired) electrons. The number of hydrogen-bond acceptors (Lipinski definition) is 2. The third-order valence-electron chi connectivity index (χ3n) is 3.54. The van der Waals surface area contributed by atoms with Crippen LogP contribution in [0.3, 0.4) is 0 Å². The molecule has 2 rings (SSSR count). The Hall–Kier alpha value is -1.80. The van der Waals surface area contributed by atoms with Crippen molar-refractivity contribution in [1.29, 1.82) is 0 Å². The van der Waals surface area contributed by atoms with Gasteiger partial charge in [0.1, 0.15) is 0 Å². The molecule has 0 aliphatic heterocycles. The van der Waals surface area contributed by atoms with Crippen molar-refractivity contribution in [2.75, 3.05) is 20.6 Å². The minimum absolute atomic E-state index is 0. The topological polar surface area (TPSA) is 56.7 Å². The molecule has 2 aromatic carbocycles. The third kappa shape index (κ3) is 8.05. The van der Waals surface area contributed by atoms with Crippen molar-refractivity contribution in [3.63, 3.8) is 0 Å². The molecule has 0 spiro atoms. The first kappa shape index (κ1) is 22.2. The zero-order valence-corrected chi connectivity index (χ0v) is 18.0. The maximum absolute atomic E-state index is 11.8. The predicted molar refractivity (Wildman–Crippen MR) is 118 cm³/mol. The van der Waals surface area contributed by atoms with Crippen molar-refractivity contribution < 1.29 is 4.79 Å². The molecule has 0 bridgehead atoms. The summed E-state index contributed by atoms with van der Waals surface area (Å²) >= 11 is 5.91. The predicted octanol–water partition coefficient (Wildman–Crippen LogP) is 3.28. The fraction of sp³-hybridized carbons (Fsp3) is 0.263. The van der Waals surface area contributed by atoms with Crippen molar-refractivity contribution >= 4 is 47.4 Å². The van der Waals surface area contributed by atoms with E-state index < -0.39 is 0 Å². The van der Waals surface area contributed by atoms with Crippen LogP contribution in [0, 0.1) is 0 Å². The second kappa shape index (κ2) is 11.7. The van der Waals surface area contributed by atoms with E-state index in [0.717, 1.165) is 11.1 Å². The lowest BCUT2D eigenvalue weighted by molar-refractivity contribution is -0.127. The van der Waals surface area contributed by atoms with Crippen LogP contribution in [0.4, 0.5) is 0 Å². The van der Waals surface area contributed by atoms with Crippen molar-refractivity contribution in [2.24, 2.45) is 4.99 Å². The molecule has 0 saturated heterocycles. The lowest BCUT2D eigenvalue weighted by Crippen LogP contribution is -2.42. The number of halogens is 2. The Labute approximate surface area is 176 Å². The molecule has 26 heavy (non-hydrogen) atoms. The summed E-state index contributed by atoms with van der Waals surface area (Å²) in [6.45, 7) is 1.31. The molecular formula is C19H24ClIN4O. The second-order valence-corrected chi connectivity index (χ2v) is 6.21. The quantitative estimate of drug-likeness (QED) is 0.374. The smallest absolute Gasteiger partial charge is 0.241 e. The van der Waals surface area contributed by atoms with Gasteiger partial charge in [-0.05, 0) is 23.3 Å². The van der Waals surface area contributed by atoms with Gasteiger partial charge in [-0.25, -0.2) is 4.99 Å². The van der Waals surface area contributed by atoms with Crippen LogP contribution in [-0.2, 0) is 17.9 Å². The number of benzene rings is 2. The average Bonchev–Trinajstić information content (AvgIpc) is 2.63. The second-order valence-electron chi connectivity index (χ2n) is 5.77. The first-order valence-corrected chi connectivity index (χ1v) is 8.43. The highest BCUT2D eigenvalue weighted by Gasteiger charge is 2.06. The molecule has 0 unspecified atom stereocenters. The van der Waals surface area contributed by atoms with E-state index in [-0.39, 0.29) is 36.4 Å². The van der Waals surface area contributed by atoms with Crippen molar-refractivity contribution in [1.82, 2.24) is 15.5 Å². The van der Waals surface area contributed by atoms with Gasteiger partial charge in [-0.3, -0.25) is 4.79 Å². The monoisotopic (exact) mass is 486 g/mol. The van der Waals surface area contributed by atoms with E-state index in [4.69, 9.17) is 11.6 Å². The summed E-state index contributed by atoms with van der Waals surface area (Å²) in [6.07, 6.45) is 0. The molecule has 2 aromatic rings. The van der Waals surface area contributed by atoms with Gasteiger partial charge in [0, 0.05) is 25.7 Å². The standard InChI is InChI=1S/C19H23ClN4O.HI/c1-24(2)18(25)14-23-19(21-12-15-6-4-3-5-7-15)22-13-16-8-10-17(20)11-9-16;/h3-11H,12-14H2,1-2H3,(H2,21,22,23);1H. The van der Waals surface area contributed by atoms with E-state index in [1.54, 1.807) is 19.0 Å². The average molecular weight is 487 g/mol. The molecule has 0 aliphatic rings. The van der Waals surface area contributed by atoms with Crippen LogP contribution in [0.2, 0.25) is 5.02 Å². The molecule has 0 aliphatic carbocycles. The Balaban J connectivity index is 0.00000338. The highest BCUT2D eigenvalue weighted by atomic mass is 127. The number of amides is 1. The van der Waals surface area contributed by atoms with Crippen LogP contribution in [0.15, 0.2) is 59.6 Å². The highest BCUT2D eigenvalue weighted by molar-refractivity contribution is 14.0. The molecule has 2 N–H and O–H groups in total. The van der Waals surface area contributed by atoms with Gasteiger partial charge in [0.2, 0.25) is 5.91 Å². The van der Waals surface area contributed by atoms with Crippen molar-refractivity contribution in [2.45, 2.75) is 13.1 Å². The van der Waals surface area contributed by atoms with E-state index in [1.165, 1.54) is 0 Å². The van der Waals surface area contributed by atoms with Gasteiger partial charge in [0.05, 0.1) is 13.1 Å². The van der Waals surface area contributed by atoms with Crippen LogP contribution in [0.25, 0.3) is 0 Å². The Morgan fingerprint density at radius 2 is 1.65 bits per heavy atom. The Bertz CT molecular complexity index is 705. The van der Waals surface area contributed by atoms with Crippen LogP contribution < -0.4 is 10.6 Å². The van der Waals surface area contributed by atoms with Crippen LogP contribution >= 0.6 is 35.6 Å². The number of aliphatic imine (C=N–C) groups is 1. The number of carbonyl (C=O) groups excluding carboxylic acids is 1. The molecule has 0 heterocycles. The molecule has 0 saturated carbocycles. The summed E-state index contributed by atoms with van der Waals surface area (Å²) in [5, 5.41) is 7.02. The van der Waals surface area contributed by atoms with E-state index in [1.807, 2.05) is 54.6 Å². The maximum Gasteiger partial charge on any atom is 0.241 e. The maximum atomic E-state index is 11.8. The summed E-state index contributed by atoms with van der Waals surface area (Å²) in [5.41, 5.74) is 2.19. The van der Waals surface area contributed by atoms with Crippen LogP contribution in [0.1, 0.15) is 11.1 Å². The first-order valence-electron chi connectivity index (χ1n) is 8.05. The lowest BCUT2D eigenvalue weighted by atomic mass is 10.2. The van der Waals surface area contributed by atoms with Gasteiger partial charge >= 0.3 is 0 Å². The van der Waals surface area contributed by atoms with E-state index in [9.17, 15) is 4.79 Å². The Morgan fingerprint density at radius 1 is 1.00 bits per heavy atom. The molecular weight excluding hydrogens is 463 g/mol. The molecule has 0 aromatic heterocycles. The molecule has 5 nitrogen and oxygen atoms in total. The summed E-state index contributed by atoms with van der Waals surface area (Å²) in [4.78, 5) is 17.9. The summed E-state index contributed by atoms with van der Waals surface area (Å²) in [7, 11) is 3.46. The van der Waals surface area contributed by atoms with Crippen LogP contribution in [0.5, 0.6) is 0 Å². The number of rotatable bonds is 6. The van der Waals surface area contributed by atoms with Gasteiger partial charge in [0.15, 0.2) is 5.96 Å². The summed E-state index contributed by atoms with van der Waals surface area (Å²) < 4.78 is 0. The van der Waals surface area contributed by atoms with Crippen molar-refractivity contribution in [3.8, 4) is 0 Å². The fourth-order valence-corrected chi connectivity index (χ4v) is 2.16. The number of guanidine groups is 1. The van der Waals surface area contributed by atoms with E-state index in [0.29, 0.717) is 24.1 Å². The summed E-state index contributed by atoms with van der Waals surface area (Å²) in [5.74, 6) is 0.578. The SMILES string of the molecule is CN(C)C(=O)CNC(=NCc1ccccc1)NCc1ccc(Cl)cc1.I. The highest BCUT2D eigenvalue weighted by Crippen LogP contribution is 2.09. The first-order chi connectivity index (χ1) is 12.0. The fourth-order valence-electron chi connectivity index (χ4n) is 2.03. The summed E-state index contributed by atoms with van der Waals surface area (Å²) in [6, 6.07) is 17.6. The molecule has 0 atom stereocenters. The van der Waals surface area contributed by atoms with E-state index in [2.05, 4.69) is 15.6 Å². The van der Waals surface area contributed by atoms with Gasteiger partial charge in [-0.2, -0.15) is 0 Å². The zero-order valence-electron chi connectivity index (χ0n) is 14.9. The van der Waals surface area contributed by atoms with E-state index >= 15 is 0 Å². The molecule has 1 amide bonds. The number of likely N-dealkylation sites (N-methyl/N-ethyl adjacent to an activating group) is 1. The van der Waals surface area contributed by atoms with Crippen LogP contribution in [-0.4, -0.2) is 37.4 Å². The van der Waals surface area contributed by atoms with Gasteiger partial charge in [-0.1, -0.05) is 54.1 Å². The number of hydrogen-bond donors (Lipinski definition) is 2. The van der Waals surface area contributed by atoms with Gasteiger partial charge in [-0.15, -0.1) is 24.0 Å². The van der Waals surface area contributed by atoms with Gasteiger partial charge in [0.25, 0.3) is 0 Å². The largest absolute Gasteiger partial charge is 0.352 e. The zero-order chi connectivity index (χ0) is 18.1. The minimum atomic E-state index is -0.0132. The normalized spacial score (nSPS) is 10.7. The third-order valence-corrected chi connectivity index (χ3v) is 3.79. The van der Waals surface area contributed by atoms with Gasteiger partial charge < -0.3 is 15.5 Å². The number of nitrogens with one attached hydrogen (secondary N) is 2. The van der Waals surface area contributed by atoms with Crippen molar-refractivity contribution in [3.05, 3.63) is 70.7 Å². The molecule has 7 heteroatoms. The Kier molecular flexibility index (Phi) is 10.0. The molecule has 0 fully saturated rings.